The maximum Gasteiger partial charge on any atom is 0.163 e. The van der Waals surface area contributed by atoms with Gasteiger partial charge in [0.1, 0.15) is 6.04 Å². The van der Waals surface area contributed by atoms with Gasteiger partial charge in [0.25, 0.3) is 0 Å². The Balaban J connectivity index is 3.14. The zero-order valence-electron chi connectivity index (χ0n) is 9.77. The Morgan fingerprint density at radius 3 is 2.69 bits per heavy atom. The molecule has 16 heavy (non-hydrogen) atoms. The predicted octanol–water partition coefficient (Wildman–Crippen LogP) is 1.92. The number of phenols is 1. The minimum Gasteiger partial charge on any atom is -0.504 e. The molecule has 0 bridgehead atoms. The average Bonchev–Trinajstić information content (AvgIpc) is 2.24. The fraction of sp³-hybridized carbons (Fsp3) is 0.417. The van der Waals surface area contributed by atoms with Gasteiger partial charge in [-0.25, -0.2) is 0 Å². The van der Waals surface area contributed by atoms with Crippen LogP contribution in [0.1, 0.15) is 18.5 Å². The van der Waals surface area contributed by atoms with E-state index in [0.29, 0.717) is 17.9 Å². The third kappa shape index (κ3) is 2.44. The third-order valence-corrected chi connectivity index (χ3v) is 2.26. The van der Waals surface area contributed by atoms with Gasteiger partial charge in [-0.15, -0.1) is 0 Å². The lowest BCUT2D eigenvalue weighted by molar-refractivity contribution is 0.307. The number of para-hydroxylation sites is 1. The lowest BCUT2D eigenvalue weighted by Crippen LogP contribution is -2.18. The van der Waals surface area contributed by atoms with Crippen LogP contribution in [0.15, 0.2) is 18.2 Å². The number of aromatic hydroxyl groups is 1. The number of nitriles is 1. The highest BCUT2D eigenvalue weighted by Gasteiger charge is 2.19. The Bertz CT molecular complexity index is 396. The van der Waals surface area contributed by atoms with E-state index in [-0.39, 0.29) is 5.75 Å². The van der Waals surface area contributed by atoms with E-state index >= 15 is 0 Å². The van der Waals surface area contributed by atoms with Crippen molar-refractivity contribution in [1.82, 2.24) is 4.90 Å². The maximum absolute atomic E-state index is 9.97. The SMILES string of the molecule is CCOc1cccc(C(C#N)N(C)C)c1O. The molecule has 4 nitrogen and oxygen atoms in total. The molecule has 1 aromatic carbocycles. The van der Waals surface area contributed by atoms with Gasteiger partial charge in [-0.3, -0.25) is 4.90 Å². The lowest BCUT2D eigenvalue weighted by Gasteiger charge is -2.19. The van der Waals surface area contributed by atoms with Crippen LogP contribution in [0.5, 0.6) is 11.5 Å². The first-order valence-corrected chi connectivity index (χ1v) is 5.12. The first-order chi connectivity index (χ1) is 7.61. The third-order valence-electron chi connectivity index (χ3n) is 2.26. The molecule has 0 aliphatic heterocycles. The van der Waals surface area contributed by atoms with Crippen LogP contribution in [0.3, 0.4) is 0 Å². The maximum atomic E-state index is 9.97. The number of benzene rings is 1. The van der Waals surface area contributed by atoms with E-state index in [9.17, 15) is 5.11 Å². The molecule has 0 aliphatic rings. The van der Waals surface area contributed by atoms with E-state index in [4.69, 9.17) is 10.00 Å². The summed E-state index contributed by atoms with van der Waals surface area (Å²) in [4.78, 5) is 1.74. The van der Waals surface area contributed by atoms with Gasteiger partial charge in [-0.2, -0.15) is 5.26 Å². The summed E-state index contributed by atoms with van der Waals surface area (Å²) >= 11 is 0. The van der Waals surface area contributed by atoms with Crippen LogP contribution >= 0.6 is 0 Å². The standard InChI is InChI=1S/C12H16N2O2/c1-4-16-11-7-5-6-9(12(11)15)10(8-13)14(2)3/h5-7,10,15H,4H2,1-3H3. The van der Waals surface area contributed by atoms with Gasteiger partial charge in [-0.1, -0.05) is 12.1 Å². The molecule has 0 radical (unpaired) electrons. The predicted molar refractivity (Wildman–Crippen MR) is 61.3 cm³/mol. The number of ether oxygens (including phenoxy) is 1. The van der Waals surface area contributed by atoms with E-state index < -0.39 is 6.04 Å². The Morgan fingerprint density at radius 1 is 1.50 bits per heavy atom. The summed E-state index contributed by atoms with van der Waals surface area (Å²) in [5.74, 6) is 0.465. The molecule has 0 amide bonds. The van der Waals surface area contributed by atoms with Gasteiger partial charge < -0.3 is 9.84 Å². The number of hydrogen-bond acceptors (Lipinski definition) is 4. The molecule has 0 fully saturated rings. The molecular weight excluding hydrogens is 204 g/mol. The number of phenolic OH excluding ortho intramolecular Hbond substituents is 1. The van der Waals surface area contributed by atoms with E-state index in [0.717, 1.165) is 0 Å². The van der Waals surface area contributed by atoms with E-state index in [2.05, 4.69) is 6.07 Å². The van der Waals surface area contributed by atoms with Gasteiger partial charge in [0.2, 0.25) is 0 Å². The zero-order chi connectivity index (χ0) is 12.1. The summed E-state index contributed by atoms with van der Waals surface area (Å²) in [6.45, 7) is 2.33. The van der Waals surface area contributed by atoms with Crippen molar-refractivity contribution in [2.75, 3.05) is 20.7 Å². The first kappa shape index (κ1) is 12.3. The van der Waals surface area contributed by atoms with Gasteiger partial charge in [0.05, 0.1) is 12.7 Å². The molecule has 1 atom stereocenters. The minimum atomic E-state index is -0.472. The molecule has 86 valence electrons. The lowest BCUT2D eigenvalue weighted by atomic mass is 10.1. The van der Waals surface area contributed by atoms with E-state index in [1.165, 1.54) is 0 Å². The summed E-state index contributed by atoms with van der Waals surface area (Å²) < 4.78 is 5.27. The number of rotatable bonds is 4. The van der Waals surface area contributed by atoms with Crippen LogP contribution in [-0.4, -0.2) is 30.7 Å². The molecule has 0 heterocycles. The Kier molecular flexibility index (Phi) is 4.15. The normalized spacial score (nSPS) is 12.2. The molecule has 0 spiro atoms. The van der Waals surface area contributed by atoms with E-state index in [1.807, 2.05) is 6.92 Å². The monoisotopic (exact) mass is 220 g/mol. The van der Waals surface area contributed by atoms with Crippen LogP contribution in [0.25, 0.3) is 0 Å². The molecule has 1 N–H and O–H groups in total. The average molecular weight is 220 g/mol. The van der Waals surface area contributed by atoms with Crippen LogP contribution in [0, 0.1) is 11.3 Å². The van der Waals surface area contributed by atoms with Crippen LogP contribution in [0.2, 0.25) is 0 Å². The van der Waals surface area contributed by atoms with Crippen molar-refractivity contribution >= 4 is 0 Å². The second-order valence-corrected chi connectivity index (χ2v) is 3.62. The zero-order valence-corrected chi connectivity index (χ0v) is 9.77. The van der Waals surface area contributed by atoms with Crippen molar-refractivity contribution < 1.29 is 9.84 Å². The Morgan fingerprint density at radius 2 is 2.19 bits per heavy atom. The molecule has 1 unspecified atom stereocenters. The number of hydrogen-bond donors (Lipinski definition) is 1. The van der Waals surface area contributed by atoms with E-state index in [1.54, 1.807) is 37.2 Å². The highest BCUT2D eigenvalue weighted by molar-refractivity contribution is 5.48. The Labute approximate surface area is 95.7 Å². The molecule has 0 saturated carbocycles. The van der Waals surface area contributed by atoms with Gasteiger partial charge in [0, 0.05) is 5.56 Å². The second-order valence-electron chi connectivity index (χ2n) is 3.62. The van der Waals surface area contributed by atoms with Crippen LogP contribution in [-0.2, 0) is 0 Å². The summed E-state index contributed by atoms with van der Waals surface area (Å²) in [6.07, 6.45) is 0. The molecular formula is C12H16N2O2. The highest BCUT2D eigenvalue weighted by Crippen LogP contribution is 2.34. The van der Waals surface area contributed by atoms with Crippen LogP contribution in [0.4, 0.5) is 0 Å². The second kappa shape index (κ2) is 5.38. The van der Waals surface area contributed by atoms with Crippen molar-refractivity contribution in [2.45, 2.75) is 13.0 Å². The van der Waals surface area contributed by atoms with Crippen LogP contribution < -0.4 is 4.74 Å². The fourth-order valence-electron chi connectivity index (χ4n) is 1.50. The first-order valence-electron chi connectivity index (χ1n) is 5.12. The van der Waals surface area contributed by atoms with Gasteiger partial charge >= 0.3 is 0 Å². The van der Waals surface area contributed by atoms with Crippen molar-refractivity contribution in [1.29, 1.82) is 5.26 Å². The summed E-state index contributed by atoms with van der Waals surface area (Å²) in [5.41, 5.74) is 0.568. The summed E-state index contributed by atoms with van der Waals surface area (Å²) in [5, 5.41) is 19.0. The molecule has 0 aliphatic carbocycles. The molecule has 4 heteroatoms. The quantitative estimate of drug-likeness (QED) is 0.842. The minimum absolute atomic E-state index is 0.0459. The molecule has 0 saturated heterocycles. The molecule has 1 rings (SSSR count). The van der Waals surface area contributed by atoms with Gasteiger partial charge in [-0.05, 0) is 27.1 Å². The fourth-order valence-corrected chi connectivity index (χ4v) is 1.50. The summed E-state index contributed by atoms with van der Waals surface area (Å²) in [7, 11) is 3.58. The largest absolute Gasteiger partial charge is 0.504 e. The molecule has 1 aromatic rings. The Hall–Kier alpha value is -1.73. The summed E-state index contributed by atoms with van der Waals surface area (Å²) in [6, 6.07) is 6.85. The smallest absolute Gasteiger partial charge is 0.163 e. The number of nitrogens with zero attached hydrogens (tertiary/aromatic N) is 2. The highest BCUT2D eigenvalue weighted by atomic mass is 16.5. The van der Waals surface area contributed by atoms with Crippen molar-refractivity contribution in [2.24, 2.45) is 0 Å². The van der Waals surface area contributed by atoms with Gasteiger partial charge in [0.15, 0.2) is 11.5 Å². The van der Waals surface area contributed by atoms with Crippen molar-refractivity contribution in [3.63, 3.8) is 0 Å². The van der Waals surface area contributed by atoms with Crippen molar-refractivity contribution in [3.8, 4) is 17.6 Å². The topological polar surface area (TPSA) is 56.5 Å². The molecule has 0 aromatic heterocycles. The van der Waals surface area contributed by atoms with Crippen molar-refractivity contribution in [3.05, 3.63) is 23.8 Å².